The van der Waals surface area contributed by atoms with Gasteiger partial charge in [0.2, 0.25) is 11.9 Å². The van der Waals surface area contributed by atoms with Crippen molar-refractivity contribution in [3.63, 3.8) is 0 Å². The van der Waals surface area contributed by atoms with Crippen molar-refractivity contribution < 1.29 is 9.90 Å². The predicted octanol–water partition coefficient (Wildman–Crippen LogP) is 1.63. The Kier molecular flexibility index (Phi) is 4.55. The predicted molar refractivity (Wildman–Crippen MR) is 90.5 cm³/mol. The molecule has 1 aliphatic rings. The normalized spacial score (nSPS) is 16.7. The molecule has 4 N–H and O–H groups in total. The van der Waals surface area contributed by atoms with E-state index in [-0.39, 0.29) is 6.61 Å². The maximum Gasteiger partial charge on any atom is 0.248 e. The van der Waals surface area contributed by atoms with Crippen molar-refractivity contribution in [2.45, 2.75) is 25.8 Å². The third-order valence-electron chi connectivity index (χ3n) is 3.92. The Hall–Kier alpha value is -2.38. The number of nitrogens with zero attached hydrogens (tertiary/aromatic N) is 3. The highest BCUT2D eigenvalue weighted by atomic mass is 35.5. The summed E-state index contributed by atoms with van der Waals surface area (Å²) in [6.45, 7) is 1.84. The topological polar surface area (TPSA) is 106 Å². The summed E-state index contributed by atoms with van der Waals surface area (Å²) in [5.41, 5.74) is 7.36. The number of hydrogen-bond donors (Lipinski definition) is 3. The molecule has 8 heteroatoms. The van der Waals surface area contributed by atoms with E-state index >= 15 is 0 Å². The van der Waals surface area contributed by atoms with Gasteiger partial charge in [-0.1, -0.05) is 29.8 Å². The van der Waals surface area contributed by atoms with Crippen molar-refractivity contribution in [3.05, 3.63) is 51.9 Å². The van der Waals surface area contributed by atoms with E-state index in [0.717, 1.165) is 5.56 Å². The van der Waals surface area contributed by atoms with Crippen LogP contribution in [0.4, 0.5) is 5.95 Å². The Morgan fingerprint density at radius 1 is 1.46 bits per heavy atom. The second kappa shape index (κ2) is 6.62. The van der Waals surface area contributed by atoms with Gasteiger partial charge in [0.05, 0.1) is 5.57 Å². The van der Waals surface area contributed by atoms with Gasteiger partial charge in [-0.3, -0.25) is 4.79 Å². The fourth-order valence-corrected chi connectivity index (χ4v) is 3.08. The van der Waals surface area contributed by atoms with Crippen molar-refractivity contribution in [1.82, 2.24) is 14.8 Å². The standard InChI is InChI=1S/C16H18ClN5O2/c1-9-13(15(18)24)14(10-5-2-3-6-11(10)17)22-16(19-9)20-12(21-22)7-4-8-23/h2-3,5-6,14,23H,4,7-8H2,1H3,(H2,18,24)(H,19,20,21)/t14-/m1/s1. The zero-order valence-corrected chi connectivity index (χ0v) is 13.9. The molecule has 7 nitrogen and oxygen atoms in total. The highest BCUT2D eigenvalue weighted by Gasteiger charge is 2.34. The number of rotatable bonds is 5. The number of allylic oxidation sites excluding steroid dienone is 1. The van der Waals surface area contributed by atoms with Gasteiger partial charge in [-0.15, -0.1) is 0 Å². The lowest BCUT2D eigenvalue weighted by molar-refractivity contribution is -0.115. The van der Waals surface area contributed by atoms with E-state index in [9.17, 15) is 4.79 Å². The Labute approximate surface area is 144 Å². The van der Waals surface area contributed by atoms with E-state index in [0.29, 0.717) is 40.9 Å². The molecular formula is C16H18ClN5O2. The van der Waals surface area contributed by atoms with E-state index in [2.05, 4.69) is 15.4 Å². The van der Waals surface area contributed by atoms with Crippen LogP contribution in [0, 0.1) is 0 Å². The molecule has 0 bridgehead atoms. The molecule has 24 heavy (non-hydrogen) atoms. The molecule has 1 aromatic carbocycles. The zero-order chi connectivity index (χ0) is 17.3. The van der Waals surface area contributed by atoms with Crippen LogP contribution >= 0.6 is 11.6 Å². The summed E-state index contributed by atoms with van der Waals surface area (Å²) < 4.78 is 1.63. The number of hydrogen-bond acceptors (Lipinski definition) is 5. The van der Waals surface area contributed by atoms with Crippen molar-refractivity contribution in [2.24, 2.45) is 5.73 Å². The summed E-state index contributed by atoms with van der Waals surface area (Å²) in [6.07, 6.45) is 1.10. The van der Waals surface area contributed by atoms with Crippen LogP contribution in [-0.4, -0.2) is 32.4 Å². The van der Waals surface area contributed by atoms with Gasteiger partial charge >= 0.3 is 0 Å². The van der Waals surface area contributed by atoms with Crippen molar-refractivity contribution >= 4 is 23.5 Å². The number of aliphatic hydroxyl groups is 1. The van der Waals surface area contributed by atoms with E-state index in [1.54, 1.807) is 17.7 Å². The quantitative estimate of drug-likeness (QED) is 0.762. The van der Waals surface area contributed by atoms with E-state index < -0.39 is 11.9 Å². The van der Waals surface area contributed by atoms with E-state index in [1.165, 1.54) is 0 Å². The molecule has 126 valence electrons. The van der Waals surface area contributed by atoms with Crippen LogP contribution in [0.5, 0.6) is 0 Å². The summed E-state index contributed by atoms with van der Waals surface area (Å²) in [5.74, 6) is 0.570. The number of nitrogens with one attached hydrogen (secondary N) is 1. The molecule has 0 radical (unpaired) electrons. The van der Waals surface area contributed by atoms with Crippen LogP contribution in [0.25, 0.3) is 0 Å². The van der Waals surface area contributed by atoms with Crippen LogP contribution in [-0.2, 0) is 11.2 Å². The highest BCUT2D eigenvalue weighted by Crippen LogP contribution is 2.37. The number of aromatic nitrogens is 3. The summed E-state index contributed by atoms with van der Waals surface area (Å²) >= 11 is 6.34. The Balaban J connectivity index is 2.14. The Bertz CT molecular complexity index is 815. The summed E-state index contributed by atoms with van der Waals surface area (Å²) in [4.78, 5) is 16.5. The number of anilines is 1. The van der Waals surface area contributed by atoms with Gasteiger partial charge < -0.3 is 16.2 Å². The fourth-order valence-electron chi connectivity index (χ4n) is 2.84. The number of aryl methyl sites for hydroxylation is 1. The second-order valence-corrected chi connectivity index (χ2v) is 5.98. The number of halogens is 1. The number of carbonyl (C=O) groups is 1. The van der Waals surface area contributed by atoms with Gasteiger partial charge in [-0.25, -0.2) is 4.68 Å². The van der Waals surface area contributed by atoms with E-state index in [1.807, 2.05) is 18.2 Å². The number of primary amides is 1. The Morgan fingerprint density at radius 2 is 2.21 bits per heavy atom. The molecule has 0 unspecified atom stereocenters. The van der Waals surface area contributed by atoms with Crippen LogP contribution < -0.4 is 11.1 Å². The molecular weight excluding hydrogens is 330 g/mol. The second-order valence-electron chi connectivity index (χ2n) is 5.58. The molecule has 0 saturated heterocycles. The third kappa shape index (κ3) is 2.88. The van der Waals surface area contributed by atoms with Gasteiger partial charge in [0, 0.05) is 29.3 Å². The van der Waals surface area contributed by atoms with Crippen LogP contribution in [0.3, 0.4) is 0 Å². The summed E-state index contributed by atoms with van der Waals surface area (Å²) in [7, 11) is 0. The van der Waals surface area contributed by atoms with Crippen molar-refractivity contribution in [1.29, 1.82) is 0 Å². The first-order chi connectivity index (χ1) is 11.5. The number of amides is 1. The lowest BCUT2D eigenvalue weighted by Crippen LogP contribution is -2.32. The molecule has 0 saturated carbocycles. The SMILES string of the molecule is CC1=C(C(N)=O)[C@@H](c2ccccc2Cl)n2nc(CCCO)nc2N1. The molecule has 1 amide bonds. The first-order valence-electron chi connectivity index (χ1n) is 7.61. The minimum Gasteiger partial charge on any atom is -0.396 e. The third-order valence-corrected chi connectivity index (χ3v) is 4.26. The van der Waals surface area contributed by atoms with Gasteiger partial charge in [0.15, 0.2) is 5.82 Å². The highest BCUT2D eigenvalue weighted by molar-refractivity contribution is 6.31. The van der Waals surface area contributed by atoms with Gasteiger partial charge in [0.1, 0.15) is 6.04 Å². The number of aliphatic hydroxyl groups excluding tert-OH is 1. The minimum atomic E-state index is -0.539. The summed E-state index contributed by atoms with van der Waals surface area (Å²) in [6, 6.07) is 6.73. The monoisotopic (exact) mass is 347 g/mol. The van der Waals surface area contributed by atoms with Crippen LogP contribution in [0.2, 0.25) is 5.02 Å². The number of benzene rings is 1. The first-order valence-corrected chi connectivity index (χ1v) is 7.99. The maximum atomic E-state index is 12.0. The Morgan fingerprint density at radius 3 is 2.88 bits per heavy atom. The van der Waals surface area contributed by atoms with Crippen LogP contribution in [0.15, 0.2) is 35.5 Å². The van der Waals surface area contributed by atoms with Crippen molar-refractivity contribution in [2.75, 3.05) is 11.9 Å². The minimum absolute atomic E-state index is 0.0645. The number of carbonyl (C=O) groups excluding carboxylic acids is 1. The fraction of sp³-hybridized carbons (Fsp3) is 0.312. The molecule has 1 aliphatic heterocycles. The number of nitrogens with two attached hydrogens (primary N) is 1. The average molecular weight is 348 g/mol. The lowest BCUT2D eigenvalue weighted by Gasteiger charge is -2.28. The van der Waals surface area contributed by atoms with Crippen molar-refractivity contribution in [3.8, 4) is 0 Å². The van der Waals surface area contributed by atoms with Gasteiger partial charge in [-0.05, 0) is 19.4 Å². The largest absolute Gasteiger partial charge is 0.396 e. The van der Waals surface area contributed by atoms with E-state index in [4.69, 9.17) is 22.4 Å². The maximum absolute atomic E-state index is 12.0. The first kappa shape index (κ1) is 16.5. The number of fused-ring (bicyclic) bond motifs is 1. The smallest absolute Gasteiger partial charge is 0.248 e. The molecule has 2 heterocycles. The zero-order valence-electron chi connectivity index (χ0n) is 13.2. The molecule has 0 aliphatic carbocycles. The van der Waals surface area contributed by atoms with Gasteiger partial charge in [-0.2, -0.15) is 10.1 Å². The molecule has 0 fully saturated rings. The molecule has 2 aromatic rings. The average Bonchev–Trinajstić information content (AvgIpc) is 2.94. The molecule has 0 spiro atoms. The van der Waals surface area contributed by atoms with Gasteiger partial charge in [0.25, 0.3) is 0 Å². The molecule has 3 rings (SSSR count). The van der Waals surface area contributed by atoms with Crippen LogP contribution in [0.1, 0.15) is 30.8 Å². The molecule has 1 atom stereocenters. The molecule has 1 aromatic heterocycles. The lowest BCUT2D eigenvalue weighted by atomic mass is 9.95. The summed E-state index contributed by atoms with van der Waals surface area (Å²) in [5, 5.41) is 17.1.